The molecule has 0 amide bonds. The number of imidazole rings is 1. The molecule has 1 saturated carbocycles. The topological polar surface area (TPSA) is 123 Å². The van der Waals surface area contributed by atoms with Crippen LogP contribution in [-0.2, 0) is 4.79 Å². The van der Waals surface area contributed by atoms with E-state index < -0.39 is 11.4 Å². The van der Waals surface area contributed by atoms with Crippen LogP contribution < -0.4 is 9.47 Å². The van der Waals surface area contributed by atoms with Crippen LogP contribution in [0.4, 0.5) is 0 Å². The number of methoxy groups -OCH3 is 1. The molecular formula is C24H21N5O4. The van der Waals surface area contributed by atoms with Crippen LogP contribution in [0.2, 0.25) is 0 Å². The molecule has 1 aliphatic carbocycles. The molecule has 1 aromatic carbocycles. The Morgan fingerprint density at radius 3 is 2.30 bits per heavy atom. The lowest BCUT2D eigenvalue weighted by molar-refractivity contribution is -0.144. The van der Waals surface area contributed by atoms with Gasteiger partial charge in [-0.2, -0.15) is 0 Å². The summed E-state index contributed by atoms with van der Waals surface area (Å²) < 4.78 is 10.7. The third kappa shape index (κ3) is 4.25. The Morgan fingerprint density at radius 1 is 0.939 bits per heavy atom. The number of aromatic amines is 1. The van der Waals surface area contributed by atoms with Crippen molar-refractivity contribution in [2.24, 2.45) is 5.41 Å². The summed E-state index contributed by atoms with van der Waals surface area (Å²) in [5.41, 5.74) is 3.26. The Morgan fingerprint density at radius 2 is 1.70 bits per heavy atom. The van der Waals surface area contributed by atoms with Gasteiger partial charge in [-0.1, -0.05) is 0 Å². The molecule has 3 heterocycles. The maximum absolute atomic E-state index is 11.2. The zero-order valence-electron chi connectivity index (χ0n) is 17.9. The summed E-state index contributed by atoms with van der Waals surface area (Å²) in [5.74, 6) is 0.934. The number of ether oxygens (including phenoxy) is 2. The molecule has 9 heteroatoms. The van der Waals surface area contributed by atoms with Gasteiger partial charge >= 0.3 is 5.97 Å². The number of carboxylic acids is 1. The van der Waals surface area contributed by atoms with E-state index in [4.69, 9.17) is 9.47 Å². The Bertz CT molecular complexity index is 1260. The average Bonchev–Trinajstić information content (AvgIpc) is 3.51. The normalized spacial score (nSPS) is 14.0. The predicted molar refractivity (Wildman–Crippen MR) is 120 cm³/mol. The molecule has 2 N–H and O–H groups in total. The average molecular weight is 443 g/mol. The van der Waals surface area contributed by atoms with Crippen LogP contribution in [0.25, 0.3) is 34.0 Å². The molecule has 0 saturated heterocycles. The second kappa shape index (κ2) is 8.34. The van der Waals surface area contributed by atoms with Gasteiger partial charge in [-0.15, -0.1) is 0 Å². The number of H-pyrrole nitrogens is 1. The third-order valence-corrected chi connectivity index (χ3v) is 5.71. The standard InChI is InChI=1S/C24H21N5O4/c1-32-17-5-2-15(3-6-17)20-12-28-22(29-20)18-7-4-16(10-25-18)19-11-27-21(13-26-19)33-14-24(8-9-24)23(30)31/h2-7,10-13H,8-9,14H2,1H3,(H,28,29)(H,30,31). The van der Waals surface area contributed by atoms with Crippen molar-refractivity contribution in [1.29, 1.82) is 0 Å². The Kier molecular flexibility index (Phi) is 5.21. The summed E-state index contributed by atoms with van der Waals surface area (Å²) in [4.78, 5) is 32.1. The molecule has 0 aliphatic heterocycles. The van der Waals surface area contributed by atoms with Crippen LogP contribution in [0, 0.1) is 5.41 Å². The van der Waals surface area contributed by atoms with Crippen molar-refractivity contribution >= 4 is 5.97 Å². The van der Waals surface area contributed by atoms with E-state index in [2.05, 4.69) is 24.9 Å². The molecule has 166 valence electrons. The summed E-state index contributed by atoms with van der Waals surface area (Å²) in [7, 11) is 1.64. The minimum absolute atomic E-state index is 0.105. The number of rotatable bonds is 8. The fourth-order valence-electron chi connectivity index (χ4n) is 3.38. The van der Waals surface area contributed by atoms with Crippen molar-refractivity contribution in [2.45, 2.75) is 12.8 Å². The van der Waals surface area contributed by atoms with Crippen LogP contribution in [0.3, 0.4) is 0 Å². The van der Waals surface area contributed by atoms with E-state index >= 15 is 0 Å². The van der Waals surface area contributed by atoms with Gasteiger partial charge < -0.3 is 19.6 Å². The largest absolute Gasteiger partial charge is 0.497 e. The van der Waals surface area contributed by atoms with Gasteiger partial charge in [0.2, 0.25) is 5.88 Å². The first-order chi connectivity index (χ1) is 16.1. The summed E-state index contributed by atoms with van der Waals surface area (Å²) in [6.45, 7) is 0.105. The highest BCUT2D eigenvalue weighted by atomic mass is 16.5. The van der Waals surface area contributed by atoms with Crippen LogP contribution in [0.15, 0.2) is 61.2 Å². The number of aliphatic carboxylic acids is 1. The number of nitrogens with zero attached hydrogens (tertiary/aromatic N) is 4. The first kappa shape index (κ1) is 20.6. The predicted octanol–water partition coefficient (Wildman–Crippen LogP) is 3.85. The number of hydrogen-bond donors (Lipinski definition) is 2. The third-order valence-electron chi connectivity index (χ3n) is 5.71. The fraction of sp³-hybridized carbons (Fsp3) is 0.208. The van der Waals surface area contributed by atoms with E-state index in [1.54, 1.807) is 25.7 Å². The maximum Gasteiger partial charge on any atom is 0.313 e. The van der Waals surface area contributed by atoms with Gasteiger partial charge in [0.1, 0.15) is 23.5 Å². The van der Waals surface area contributed by atoms with Gasteiger partial charge in [-0.05, 0) is 54.8 Å². The molecule has 0 atom stereocenters. The van der Waals surface area contributed by atoms with Crippen molar-refractivity contribution in [3.8, 4) is 45.7 Å². The first-order valence-corrected chi connectivity index (χ1v) is 10.4. The lowest BCUT2D eigenvalue weighted by atomic mass is 10.1. The Hall–Kier alpha value is -4.27. The van der Waals surface area contributed by atoms with Crippen molar-refractivity contribution in [2.75, 3.05) is 13.7 Å². The molecule has 0 radical (unpaired) electrons. The van der Waals surface area contributed by atoms with Crippen molar-refractivity contribution < 1.29 is 19.4 Å². The molecule has 9 nitrogen and oxygen atoms in total. The van der Waals surface area contributed by atoms with Gasteiger partial charge in [0.25, 0.3) is 0 Å². The quantitative estimate of drug-likeness (QED) is 0.421. The highest BCUT2D eigenvalue weighted by molar-refractivity contribution is 5.78. The molecule has 1 aliphatic rings. The van der Waals surface area contributed by atoms with Gasteiger partial charge in [0, 0.05) is 11.8 Å². The molecule has 5 rings (SSSR count). The molecule has 1 fully saturated rings. The van der Waals surface area contributed by atoms with E-state index in [1.165, 1.54) is 6.20 Å². The summed E-state index contributed by atoms with van der Waals surface area (Å²) in [5, 5.41) is 9.22. The second-order valence-electron chi connectivity index (χ2n) is 7.92. The van der Waals surface area contributed by atoms with E-state index in [1.807, 2.05) is 36.4 Å². The first-order valence-electron chi connectivity index (χ1n) is 10.4. The fourth-order valence-corrected chi connectivity index (χ4v) is 3.38. The molecule has 3 aromatic heterocycles. The Balaban J connectivity index is 1.26. The number of hydrogen-bond acceptors (Lipinski definition) is 7. The Labute approximate surface area is 189 Å². The second-order valence-corrected chi connectivity index (χ2v) is 7.92. The van der Waals surface area contributed by atoms with E-state index in [-0.39, 0.29) is 6.61 Å². The highest BCUT2D eigenvalue weighted by Crippen LogP contribution is 2.46. The number of aromatic nitrogens is 5. The minimum atomic E-state index is -0.828. The maximum atomic E-state index is 11.2. The number of carboxylic acid groups (broad SMARTS) is 1. The minimum Gasteiger partial charge on any atom is -0.497 e. The molecule has 0 unspecified atom stereocenters. The number of carbonyl (C=O) groups is 1. The molecule has 0 spiro atoms. The van der Waals surface area contributed by atoms with Crippen molar-refractivity contribution in [1.82, 2.24) is 24.9 Å². The van der Waals surface area contributed by atoms with Gasteiger partial charge in [0.15, 0.2) is 5.82 Å². The van der Waals surface area contributed by atoms with Crippen LogP contribution in [0.1, 0.15) is 12.8 Å². The summed E-state index contributed by atoms with van der Waals surface area (Å²) in [6.07, 6.45) is 7.81. The summed E-state index contributed by atoms with van der Waals surface area (Å²) in [6, 6.07) is 11.5. The number of benzene rings is 1. The monoisotopic (exact) mass is 443 g/mol. The lowest BCUT2D eigenvalue weighted by Gasteiger charge is -2.10. The van der Waals surface area contributed by atoms with Crippen LogP contribution in [0.5, 0.6) is 11.6 Å². The smallest absolute Gasteiger partial charge is 0.313 e. The van der Waals surface area contributed by atoms with Gasteiger partial charge in [0.05, 0.1) is 37.1 Å². The lowest BCUT2D eigenvalue weighted by Crippen LogP contribution is -2.23. The van der Waals surface area contributed by atoms with Gasteiger partial charge in [-0.25, -0.2) is 15.0 Å². The molecular weight excluding hydrogens is 422 g/mol. The zero-order valence-corrected chi connectivity index (χ0v) is 17.9. The highest BCUT2D eigenvalue weighted by Gasteiger charge is 2.51. The zero-order chi connectivity index (χ0) is 22.8. The van der Waals surface area contributed by atoms with E-state index in [0.29, 0.717) is 35.9 Å². The van der Waals surface area contributed by atoms with E-state index in [9.17, 15) is 9.90 Å². The van der Waals surface area contributed by atoms with Crippen molar-refractivity contribution in [3.63, 3.8) is 0 Å². The number of pyridine rings is 1. The van der Waals surface area contributed by atoms with Crippen LogP contribution >= 0.6 is 0 Å². The van der Waals surface area contributed by atoms with Gasteiger partial charge in [-0.3, -0.25) is 9.78 Å². The summed E-state index contributed by atoms with van der Waals surface area (Å²) >= 11 is 0. The van der Waals surface area contributed by atoms with Crippen molar-refractivity contribution in [3.05, 3.63) is 61.2 Å². The van der Waals surface area contributed by atoms with E-state index in [0.717, 1.165) is 22.6 Å². The SMILES string of the molecule is COc1ccc(-c2cnc(-c3ccc(-c4cnc(OCC5(C(=O)O)CC5)cn4)cn3)[nH]2)cc1. The molecule has 0 bridgehead atoms. The van der Waals surface area contributed by atoms with Crippen LogP contribution in [-0.4, -0.2) is 49.7 Å². The molecule has 33 heavy (non-hydrogen) atoms. The number of nitrogens with one attached hydrogen (secondary N) is 1. The molecule has 4 aromatic rings.